The fourth-order valence-corrected chi connectivity index (χ4v) is 3.99. The fraction of sp³-hybridized carbons (Fsp3) is 0.217. The van der Waals surface area contributed by atoms with Crippen LogP contribution in [-0.2, 0) is 13.0 Å². The maximum absolute atomic E-state index is 12.8. The highest BCUT2D eigenvalue weighted by molar-refractivity contribution is 5.94. The van der Waals surface area contributed by atoms with Crippen molar-refractivity contribution >= 4 is 27.9 Å². The number of rotatable bonds is 3. The molecule has 1 aliphatic rings. The van der Waals surface area contributed by atoms with E-state index in [-0.39, 0.29) is 16.9 Å². The van der Waals surface area contributed by atoms with Crippen LogP contribution in [0.2, 0.25) is 0 Å². The zero-order chi connectivity index (χ0) is 20.2. The number of hydrogen-bond donors (Lipinski definition) is 2. The van der Waals surface area contributed by atoms with Crippen molar-refractivity contribution in [3.63, 3.8) is 0 Å². The largest absolute Gasteiger partial charge is 0.483 e. The normalized spacial score (nSPS) is 14.8. The zero-order valence-corrected chi connectivity index (χ0v) is 16.3. The summed E-state index contributed by atoms with van der Waals surface area (Å²) in [6, 6.07) is 11.0. The van der Waals surface area contributed by atoms with Gasteiger partial charge in [-0.3, -0.25) is 9.36 Å². The van der Waals surface area contributed by atoms with E-state index >= 15 is 0 Å². The second-order valence-electron chi connectivity index (χ2n) is 7.94. The Morgan fingerprint density at radius 1 is 1.07 bits per heavy atom. The molecule has 0 bridgehead atoms. The summed E-state index contributed by atoms with van der Waals surface area (Å²) in [6.07, 6.45) is 6.63. The number of ether oxygens (including phenoxy) is 1. The van der Waals surface area contributed by atoms with E-state index in [0.717, 1.165) is 27.8 Å². The van der Waals surface area contributed by atoms with Crippen molar-refractivity contribution in [1.82, 2.24) is 14.5 Å². The van der Waals surface area contributed by atoms with Crippen LogP contribution in [0.4, 0.5) is 0 Å². The highest BCUT2D eigenvalue weighted by Gasteiger charge is 2.24. The molecular formula is C23H21N3O3. The van der Waals surface area contributed by atoms with Crippen LogP contribution in [0.15, 0.2) is 58.3 Å². The Morgan fingerprint density at radius 2 is 1.90 bits per heavy atom. The van der Waals surface area contributed by atoms with Crippen LogP contribution in [0.3, 0.4) is 0 Å². The summed E-state index contributed by atoms with van der Waals surface area (Å²) in [5.41, 5.74) is 2.64. The molecule has 6 heteroatoms. The Balaban J connectivity index is 1.55. The molecule has 0 aliphatic carbocycles. The number of H-pyrrole nitrogens is 2. The first kappa shape index (κ1) is 17.6. The highest BCUT2D eigenvalue weighted by atomic mass is 16.5. The number of nitrogens with zero attached hydrogens (tertiary/aromatic N) is 1. The molecule has 29 heavy (non-hydrogen) atoms. The third kappa shape index (κ3) is 2.88. The van der Waals surface area contributed by atoms with Gasteiger partial charge < -0.3 is 14.7 Å². The number of benzene rings is 2. The Bertz CT molecular complexity index is 1400. The van der Waals surface area contributed by atoms with Gasteiger partial charge in [-0.25, -0.2) is 4.79 Å². The minimum absolute atomic E-state index is 0.267. The van der Waals surface area contributed by atoms with Crippen LogP contribution < -0.4 is 16.0 Å². The van der Waals surface area contributed by atoms with Gasteiger partial charge in [0, 0.05) is 29.2 Å². The standard InChI is InChI=1S/C23H21N3O3/c1-23(2)11-9-16-19(29-23)8-7-18-20(16)14(13-24-18)10-12-26-21(27)15-5-3-4-6-17(15)25-22(26)28/h3-9,11,13,24H,10,12H2,1-2H3,(H,25,28). The summed E-state index contributed by atoms with van der Waals surface area (Å²) in [6.45, 7) is 4.34. The number of para-hydroxylation sites is 1. The average molecular weight is 387 g/mol. The van der Waals surface area contributed by atoms with Gasteiger partial charge in [0.15, 0.2) is 0 Å². The van der Waals surface area contributed by atoms with E-state index in [4.69, 9.17) is 4.74 Å². The maximum Gasteiger partial charge on any atom is 0.328 e. The minimum atomic E-state index is -0.388. The third-order valence-corrected chi connectivity index (χ3v) is 5.45. The van der Waals surface area contributed by atoms with Crippen molar-refractivity contribution < 1.29 is 4.74 Å². The predicted octanol–water partition coefficient (Wildman–Crippen LogP) is 3.60. The predicted molar refractivity (Wildman–Crippen MR) is 115 cm³/mol. The van der Waals surface area contributed by atoms with E-state index in [9.17, 15) is 9.59 Å². The summed E-state index contributed by atoms with van der Waals surface area (Å²) in [5, 5.41) is 1.58. The van der Waals surface area contributed by atoms with Gasteiger partial charge in [0.2, 0.25) is 0 Å². The molecule has 0 saturated carbocycles. The number of nitrogens with one attached hydrogen (secondary N) is 2. The molecule has 4 aromatic rings. The summed E-state index contributed by atoms with van der Waals surface area (Å²) in [5.74, 6) is 0.839. The number of hydrogen-bond acceptors (Lipinski definition) is 3. The molecule has 3 heterocycles. The Labute approximate surface area is 166 Å². The molecule has 0 amide bonds. The molecular weight excluding hydrogens is 366 g/mol. The lowest BCUT2D eigenvalue weighted by molar-refractivity contribution is 0.159. The summed E-state index contributed by atoms with van der Waals surface area (Å²) in [4.78, 5) is 31.3. The van der Waals surface area contributed by atoms with Gasteiger partial charge in [0.05, 0.1) is 10.9 Å². The van der Waals surface area contributed by atoms with Gasteiger partial charge in [-0.15, -0.1) is 0 Å². The van der Waals surface area contributed by atoms with Crippen molar-refractivity contribution in [1.29, 1.82) is 0 Å². The summed E-state index contributed by atoms with van der Waals surface area (Å²) >= 11 is 0. The van der Waals surface area contributed by atoms with Crippen molar-refractivity contribution in [2.24, 2.45) is 0 Å². The molecule has 0 fully saturated rings. The minimum Gasteiger partial charge on any atom is -0.483 e. The van der Waals surface area contributed by atoms with Crippen LogP contribution in [0.1, 0.15) is 25.0 Å². The van der Waals surface area contributed by atoms with Crippen molar-refractivity contribution in [2.45, 2.75) is 32.4 Å². The number of fused-ring (bicyclic) bond motifs is 4. The van der Waals surface area contributed by atoms with E-state index in [1.807, 2.05) is 38.3 Å². The van der Waals surface area contributed by atoms with Crippen LogP contribution in [0, 0.1) is 0 Å². The van der Waals surface area contributed by atoms with E-state index in [1.54, 1.807) is 24.3 Å². The van der Waals surface area contributed by atoms with Gasteiger partial charge in [-0.05, 0) is 56.2 Å². The summed E-state index contributed by atoms with van der Waals surface area (Å²) < 4.78 is 7.36. The molecule has 0 spiro atoms. The van der Waals surface area contributed by atoms with Crippen molar-refractivity contribution in [2.75, 3.05) is 0 Å². The molecule has 0 saturated heterocycles. The second kappa shape index (κ2) is 6.24. The zero-order valence-electron chi connectivity index (χ0n) is 16.3. The Morgan fingerprint density at radius 3 is 2.76 bits per heavy atom. The molecule has 0 unspecified atom stereocenters. The van der Waals surface area contributed by atoms with Crippen molar-refractivity contribution in [3.05, 3.63) is 80.6 Å². The topological polar surface area (TPSA) is 79.9 Å². The van der Waals surface area contributed by atoms with Gasteiger partial charge in [-0.1, -0.05) is 18.2 Å². The summed E-state index contributed by atoms with van der Waals surface area (Å²) in [7, 11) is 0. The number of aryl methyl sites for hydroxylation is 1. The molecule has 146 valence electrons. The van der Waals surface area contributed by atoms with E-state index < -0.39 is 0 Å². The second-order valence-corrected chi connectivity index (χ2v) is 7.94. The Kier molecular flexibility index (Phi) is 3.77. The van der Waals surface area contributed by atoms with Crippen LogP contribution in [0.5, 0.6) is 5.75 Å². The van der Waals surface area contributed by atoms with Gasteiger partial charge in [-0.2, -0.15) is 0 Å². The fourth-order valence-electron chi connectivity index (χ4n) is 3.99. The lowest BCUT2D eigenvalue weighted by atomic mass is 9.97. The van der Waals surface area contributed by atoms with Crippen LogP contribution in [0.25, 0.3) is 27.9 Å². The molecule has 0 atom stereocenters. The van der Waals surface area contributed by atoms with Crippen molar-refractivity contribution in [3.8, 4) is 5.75 Å². The molecule has 5 rings (SSSR count). The number of aromatic amines is 2. The molecule has 6 nitrogen and oxygen atoms in total. The first-order valence-electron chi connectivity index (χ1n) is 9.66. The van der Waals surface area contributed by atoms with Gasteiger partial charge >= 0.3 is 5.69 Å². The van der Waals surface area contributed by atoms with Crippen LogP contribution >= 0.6 is 0 Å². The SMILES string of the molecule is CC1(C)C=Cc2c(ccc3[nH]cc(CCn4c(=O)[nH]c5ccccc5c4=O)c23)O1. The highest BCUT2D eigenvalue weighted by Crippen LogP contribution is 2.37. The molecule has 1 aliphatic heterocycles. The number of aromatic nitrogens is 3. The van der Waals surface area contributed by atoms with Gasteiger partial charge in [0.25, 0.3) is 5.56 Å². The van der Waals surface area contributed by atoms with E-state index in [2.05, 4.69) is 16.0 Å². The maximum atomic E-state index is 12.8. The quantitative estimate of drug-likeness (QED) is 0.564. The van der Waals surface area contributed by atoms with E-state index in [1.165, 1.54) is 4.57 Å². The third-order valence-electron chi connectivity index (χ3n) is 5.45. The Hall–Kier alpha value is -3.54. The first-order chi connectivity index (χ1) is 13.9. The lowest BCUT2D eigenvalue weighted by Gasteiger charge is -2.28. The molecule has 2 aromatic carbocycles. The molecule has 2 N–H and O–H groups in total. The van der Waals surface area contributed by atoms with E-state index in [0.29, 0.717) is 23.9 Å². The average Bonchev–Trinajstić information content (AvgIpc) is 3.10. The lowest BCUT2D eigenvalue weighted by Crippen LogP contribution is -2.35. The first-order valence-corrected chi connectivity index (χ1v) is 9.66. The smallest absolute Gasteiger partial charge is 0.328 e. The molecule has 2 aromatic heterocycles. The monoisotopic (exact) mass is 387 g/mol. The van der Waals surface area contributed by atoms with Crippen LogP contribution in [-0.4, -0.2) is 20.1 Å². The van der Waals surface area contributed by atoms with Gasteiger partial charge in [0.1, 0.15) is 11.4 Å². The molecule has 0 radical (unpaired) electrons.